The number of hydrogen-bond donors (Lipinski definition) is 1. The zero-order valence-corrected chi connectivity index (χ0v) is 12.7. The SMILES string of the molecule is C=CC(c1ccccc1)N(CCCC)CCS(=O)(=O)O. The summed E-state index contributed by atoms with van der Waals surface area (Å²) in [5.41, 5.74) is 1.08. The van der Waals surface area contributed by atoms with Gasteiger partial charge in [-0.15, -0.1) is 6.58 Å². The topological polar surface area (TPSA) is 57.6 Å². The standard InChI is InChI=1S/C15H23NO3S/c1-3-5-11-16(12-13-20(17,18)19)15(4-2)14-9-7-6-8-10-14/h4,6-10,15H,2-3,5,11-13H2,1H3,(H,17,18,19). The van der Waals surface area contributed by atoms with Crippen molar-refractivity contribution in [2.45, 2.75) is 25.8 Å². The van der Waals surface area contributed by atoms with Crippen LogP contribution in [0.1, 0.15) is 31.4 Å². The quantitative estimate of drug-likeness (QED) is 0.562. The monoisotopic (exact) mass is 297 g/mol. The highest BCUT2D eigenvalue weighted by molar-refractivity contribution is 7.85. The van der Waals surface area contributed by atoms with Gasteiger partial charge in [0.2, 0.25) is 0 Å². The molecule has 0 spiro atoms. The first-order chi connectivity index (χ1) is 9.48. The molecular weight excluding hydrogens is 274 g/mol. The Morgan fingerprint density at radius 2 is 1.95 bits per heavy atom. The van der Waals surface area contributed by atoms with Crippen LogP contribution in [0, 0.1) is 0 Å². The predicted octanol–water partition coefficient (Wildman–Crippen LogP) is 2.90. The molecule has 0 heterocycles. The van der Waals surface area contributed by atoms with E-state index in [-0.39, 0.29) is 11.8 Å². The lowest BCUT2D eigenvalue weighted by Gasteiger charge is -2.29. The van der Waals surface area contributed by atoms with E-state index in [4.69, 9.17) is 4.55 Å². The van der Waals surface area contributed by atoms with Crippen LogP contribution in [-0.2, 0) is 10.1 Å². The number of hydrogen-bond acceptors (Lipinski definition) is 3. The van der Waals surface area contributed by atoms with Gasteiger partial charge in [-0.05, 0) is 18.5 Å². The highest BCUT2D eigenvalue weighted by Gasteiger charge is 2.18. The average molecular weight is 297 g/mol. The number of rotatable bonds is 9. The van der Waals surface area contributed by atoms with Gasteiger partial charge in [0.1, 0.15) is 0 Å². The molecule has 0 saturated heterocycles. The van der Waals surface area contributed by atoms with E-state index in [9.17, 15) is 8.42 Å². The molecule has 0 aliphatic rings. The lowest BCUT2D eigenvalue weighted by atomic mass is 10.0. The Morgan fingerprint density at radius 3 is 2.45 bits per heavy atom. The van der Waals surface area contributed by atoms with Crippen molar-refractivity contribution < 1.29 is 13.0 Å². The van der Waals surface area contributed by atoms with Crippen molar-refractivity contribution in [1.29, 1.82) is 0 Å². The van der Waals surface area contributed by atoms with Gasteiger partial charge in [-0.1, -0.05) is 49.8 Å². The van der Waals surface area contributed by atoms with Crippen molar-refractivity contribution in [3.05, 3.63) is 48.6 Å². The summed E-state index contributed by atoms with van der Waals surface area (Å²) in [5.74, 6) is -0.256. The van der Waals surface area contributed by atoms with Crippen LogP contribution in [0.2, 0.25) is 0 Å². The van der Waals surface area contributed by atoms with Gasteiger partial charge in [0, 0.05) is 6.54 Å². The summed E-state index contributed by atoms with van der Waals surface area (Å²) in [4.78, 5) is 2.04. The summed E-state index contributed by atoms with van der Waals surface area (Å²) >= 11 is 0. The highest BCUT2D eigenvalue weighted by Crippen LogP contribution is 2.22. The molecule has 0 saturated carbocycles. The zero-order chi connectivity index (χ0) is 15.0. The number of nitrogens with zero attached hydrogens (tertiary/aromatic N) is 1. The van der Waals surface area contributed by atoms with Gasteiger partial charge in [0.25, 0.3) is 10.1 Å². The minimum absolute atomic E-state index is 0.0375. The van der Waals surface area contributed by atoms with Gasteiger partial charge in [-0.3, -0.25) is 9.45 Å². The second kappa shape index (κ2) is 8.19. The van der Waals surface area contributed by atoms with E-state index >= 15 is 0 Å². The molecule has 0 bridgehead atoms. The fraction of sp³-hybridized carbons (Fsp3) is 0.467. The Kier molecular flexibility index (Phi) is 6.91. The molecule has 0 aromatic heterocycles. The van der Waals surface area contributed by atoms with Gasteiger partial charge in [0.15, 0.2) is 0 Å². The molecule has 5 heteroatoms. The third-order valence-corrected chi connectivity index (χ3v) is 3.89. The third kappa shape index (κ3) is 5.86. The maximum Gasteiger partial charge on any atom is 0.266 e. The number of unbranched alkanes of at least 4 members (excludes halogenated alkanes) is 1. The van der Waals surface area contributed by atoms with Crippen LogP contribution < -0.4 is 0 Å². The van der Waals surface area contributed by atoms with E-state index < -0.39 is 10.1 Å². The lowest BCUT2D eigenvalue weighted by Crippen LogP contribution is -2.33. The van der Waals surface area contributed by atoms with Crippen LogP contribution in [0.3, 0.4) is 0 Å². The minimum atomic E-state index is -3.94. The molecule has 1 atom stereocenters. The molecule has 0 radical (unpaired) electrons. The first kappa shape index (κ1) is 16.9. The molecule has 0 aliphatic carbocycles. The van der Waals surface area contributed by atoms with Crippen molar-refractivity contribution in [3.8, 4) is 0 Å². The van der Waals surface area contributed by atoms with E-state index in [0.717, 1.165) is 24.9 Å². The third-order valence-electron chi connectivity index (χ3n) is 3.19. The summed E-state index contributed by atoms with van der Waals surface area (Å²) in [6.45, 7) is 7.02. The van der Waals surface area contributed by atoms with Crippen molar-refractivity contribution in [3.63, 3.8) is 0 Å². The molecular formula is C15H23NO3S. The summed E-state index contributed by atoms with van der Waals surface area (Å²) in [6.07, 6.45) is 3.82. The Hall–Kier alpha value is -1.17. The van der Waals surface area contributed by atoms with Crippen molar-refractivity contribution in [2.24, 2.45) is 0 Å². The predicted molar refractivity (Wildman–Crippen MR) is 82.3 cm³/mol. The molecule has 20 heavy (non-hydrogen) atoms. The number of benzene rings is 1. The lowest BCUT2D eigenvalue weighted by molar-refractivity contribution is 0.239. The molecule has 0 aliphatic heterocycles. The van der Waals surface area contributed by atoms with Gasteiger partial charge in [-0.25, -0.2) is 0 Å². The van der Waals surface area contributed by atoms with E-state index in [0.29, 0.717) is 6.54 Å². The van der Waals surface area contributed by atoms with Crippen LogP contribution in [0.4, 0.5) is 0 Å². The molecule has 4 nitrogen and oxygen atoms in total. The maximum absolute atomic E-state index is 11.0. The van der Waals surface area contributed by atoms with Gasteiger partial charge in [-0.2, -0.15) is 8.42 Å². The van der Waals surface area contributed by atoms with Crippen LogP contribution >= 0.6 is 0 Å². The van der Waals surface area contributed by atoms with Crippen molar-refractivity contribution >= 4 is 10.1 Å². The maximum atomic E-state index is 11.0. The largest absolute Gasteiger partial charge is 0.292 e. The van der Waals surface area contributed by atoms with Gasteiger partial charge in [0.05, 0.1) is 11.8 Å². The fourth-order valence-electron chi connectivity index (χ4n) is 2.13. The molecule has 1 rings (SSSR count). The van der Waals surface area contributed by atoms with E-state index in [1.165, 1.54) is 0 Å². The Bertz CT molecular complexity index is 499. The van der Waals surface area contributed by atoms with Crippen LogP contribution in [-0.4, -0.2) is 36.7 Å². The smallest absolute Gasteiger partial charge is 0.266 e. The van der Waals surface area contributed by atoms with Gasteiger partial charge >= 0.3 is 0 Å². The Labute approximate surface area is 121 Å². The van der Waals surface area contributed by atoms with Crippen molar-refractivity contribution in [2.75, 3.05) is 18.8 Å². The Balaban J connectivity index is 2.86. The fourth-order valence-corrected chi connectivity index (χ4v) is 2.60. The summed E-state index contributed by atoms with van der Waals surface area (Å²) < 4.78 is 30.9. The normalized spacial score (nSPS) is 13.3. The second-order valence-corrected chi connectivity index (χ2v) is 6.34. The van der Waals surface area contributed by atoms with Crippen LogP contribution in [0.25, 0.3) is 0 Å². The summed E-state index contributed by atoms with van der Waals surface area (Å²) in [5, 5.41) is 0. The molecule has 0 amide bonds. The molecule has 1 unspecified atom stereocenters. The van der Waals surface area contributed by atoms with Crippen molar-refractivity contribution in [1.82, 2.24) is 4.90 Å². The summed E-state index contributed by atoms with van der Waals surface area (Å²) in [6, 6.07) is 9.80. The van der Waals surface area contributed by atoms with E-state index in [1.54, 1.807) is 0 Å². The molecule has 1 aromatic rings. The van der Waals surface area contributed by atoms with E-state index in [2.05, 4.69) is 13.5 Å². The Morgan fingerprint density at radius 1 is 1.30 bits per heavy atom. The highest BCUT2D eigenvalue weighted by atomic mass is 32.2. The first-order valence-electron chi connectivity index (χ1n) is 6.84. The van der Waals surface area contributed by atoms with Gasteiger partial charge < -0.3 is 0 Å². The first-order valence-corrected chi connectivity index (χ1v) is 8.45. The molecule has 1 aromatic carbocycles. The second-order valence-electron chi connectivity index (χ2n) is 4.77. The molecule has 112 valence electrons. The van der Waals surface area contributed by atoms with Crippen LogP contribution in [0.15, 0.2) is 43.0 Å². The molecule has 1 N–H and O–H groups in total. The molecule has 0 fully saturated rings. The van der Waals surface area contributed by atoms with Crippen LogP contribution in [0.5, 0.6) is 0 Å². The average Bonchev–Trinajstić information content (AvgIpc) is 2.42. The van der Waals surface area contributed by atoms with E-state index in [1.807, 2.05) is 41.3 Å². The summed E-state index contributed by atoms with van der Waals surface area (Å²) in [7, 11) is -3.94. The zero-order valence-electron chi connectivity index (χ0n) is 11.9. The minimum Gasteiger partial charge on any atom is -0.292 e.